The number of methoxy groups -OCH3 is 3. The molecule has 8 aromatic rings. The molecule has 2 aromatic heterocycles. The molecule has 0 fully saturated rings. The summed E-state index contributed by atoms with van der Waals surface area (Å²) in [5.41, 5.74) is 8.22. The van der Waals surface area contributed by atoms with Crippen molar-refractivity contribution in [3.8, 4) is 17.2 Å². The summed E-state index contributed by atoms with van der Waals surface area (Å²) < 4.78 is 20.3. The average Bonchev–Trinajstić information content (AvgIpc) is 3.72. The van der Waals surface area contributed by atoms with Gasteiger partial charge in [0.2, 0.25) is 11.8 Å². The number of benzene rings is 6. The van der Waals surface area contributed by atoms with Crippen LogP contribution < -0.4 is 24.8 Å². The quantitative estimate of drug-likeness (QED) is 0.137. The van der Waals surface area contributed by atoms with Crippen LogP contribution in [0.1, 0.15) is 25.0 Å². The van der Waals surface area contributed by atoms with Gasteiger partial charge in [0.1, 0.15) is 5.75 Å². The molecule has 0 aliphatic carbocycles. The van der Waals surface area contributed by atoms with Gasteiger partial charge in [-0.2, -0.15) is 0 Å². The lowest BCUT2D eigenvalue weighted by atomic mass is 10.1. The molecule has 0 saturated carbocycles. The molecule has 8 rings (SSSR count). The highest BCUT2D eigenvalue weighted by atomic mass is 16.5. The van der Waals surface area contributed by atoms with E-state index in [1.165, 1.54) is 32.8 Å². The van der Waals surface area contributed by atoms with Crippen LogP contribution in [0.15, 0.2) is 127 Å². The zero-order valence-electron chi connectivity index (χ0n) is 32.4. The van der Waals surface area contributed by atoms with Crippen molar-refractivity contribution in [1.29, 1.82) is 0 Å². The van der Waals surface area contributed by atoms with E-state index in [4.69, 9.17) is 14.2 Å². The van der Waals surface area contributed by atoms with Crippen molar-refractivity contribution >= 4 is 66.8 Å². The molecule has 9 heteroatoms. The van der Waals surface area contributed by atoms with Crippen molar-refractivity contribution in [2.75, 3.05) is 32.0 Å². The third-order valence-electron chi connectivity index (χ3n) is 10.1. The van der Waals surface area contributed by atoms with Crippen molar-refractivity contribution in [2.24, 2.45) is 0 Å². The standard InChI is InChI=1S/C24H24N2O3.C23H22N2O2/c1-4-26-20-8-6-5-7-18(20)19-15-17(10-11-21(19)26)25-24(27)14-16-9-12-22(28-2)23(13-16)29-3;1-3-25-21-7-5-4-6-19(21)20-15-17(10-13-22(20)25)24-23(26)14-16-8-11-18(27-2)12-9-16/h5-13,15H,4,14H2,1-3H3,(H,25,27);4-13,15H,3,14H2,1-2H3,(H,24,26). The van der Waals surface area contributed by atoms with Gasteiger partial charge in [0.05, 0.1) is 34.2 Å². The van der Waals surface area contributed by atoms with E-state index in [0.717, 1.165) is 52.1 Å². The lowest BCUT2D eigenvalue weighted by molar-refractivity contribution is -0.116. The topological polar surface area (TPSA) is 95.8 Å². The Morgan fingerprint density at radius 1 is 0.482 bits per heavy atom. The molecule has 56 heavy (non-hydrogen) atoms. The Morgan fingerprint density at radius 3 is 1.43 bits per heavy atom. The van der Waals surface area contributed by atoms with E-state index in [1.54, 1.807) is 21.3 Å². The van der Waals surface area contributed by atoms with E-state index in [9.17, 15) is 9.59 Å². The molecule has 0 bridgehead atoms. The number of carbonyl (C=O) groups excluding carboxylic acids is 2. The smallest absolute Gasteiger partial charge is 0.228 e. The lowest BCUT2D eigenvalue weighted by Gasteiger charge is -2.10. The number of nitrogens with zero attached hydrogens (tertiary/aromatic N) is 2. The van der Waals surface area contributed by atoms with Gasteiger partial charge in [0.15, 0.2) is 11.5 Å². The van der Waals surface area contributed by atoms with Crippen LogP contribution in [-0.4, -0.2) is 42.3 Å². The molecule has 0 saturated heterocycles. The molecule has 0 aliphatic heterocycles. The van der Waals surface area contributed by atoms with Crippen molar-refractivity contribution in [3.05, 3.63) is 139 Å². The minimum atomic E-state index is -0.0733. The van der Waals surface area contributed by atoms with Gasteiger partial charge in [-0.15, -0.1) is 0 Å². The highest BCUT2D eigenvalue weighted by Gasteiger charge is 2.14. The van der Waals surface area contributed by atoms with E-state index in [-0.39, 0.29) is 18.2 Å². The maximum Gasteiger partial charge on any atom is 0.228 e. The Hall–Kier alpha value is -6.74. The van der Waals surface area contributed by atoms with Crippen LogP contribution >= 0.6 is 0 Å². The van der Waals surface area contributed by atoms with E-state index < -0.39 is 0 Å². The highest BCUT2D eigenvalue weighted by Crippen LogP contribution is 2.33. The maximum atomic E-state index is 12.6. The number of aromatic nitrogens is 2. The predicted molar refractivity (Wildman–Crippen MR) is 227 cm³/mol. The van der Waals surface area contributed by atoms with Crippen LogP contribution in [0.5, 0.6) is 17.2 Å². The summed E-state index contributed by atoms with van der Waals surface area (Å²) in [4.78, 5) is 25.1. The van der Waals surface area contributed by atoms with Gasteiger partial charge in [-0.1, -0.05) is 54.6 Å². The molecule has 0 atom stereocenters. The summed E-state index contributed by atoms with van der Waals surface area (Å²) in [6, 6.07) is 42.0. The average molecular weight is 747 g/mol. The number of fused-ring (bicyclic) bond motifs is 6. The molecule has 9 nitrogen and oxygen atoms in total. The fourth-order valence-electron chi connectivity index (χ4n) is 7.46. The predicted octanol–water partition coefficient (Wildman–Crippen LogP) is 10.0. The minimum absolute atomic E-state index is 0.0289. The number of hydrogen-bond acceptors (Lipinski definition) is 5. The van der Waals surface area contributed by atoms with Crippen LogP contribution in [0.25, 0.3) is 43.6 Å². The number of anilines is 2. The summed E-state index contributed by atoms with van der Waals surface area (Å²) in [7, 11) is 4.81. The molecule has 6 aromatic carbocycles. The summed E-state index contributed by atoms with van der Waals surface area (Å²) in [5.74, 6) is 1.95. The summed E-state index contributed by atoms with van der Waals surface area (Å²) in [6.07, 6.45) is 0.591. The van der Waals surface area contributed by atoms with E-state index in [0.29, 0.717) is 17.9 Å². The third kappa shape index (κ3) is 7.75. The number of aryl methyl sites for hydroxylation is 2. The van der Waals surface area contributed by atoms with Gasteiger partial charge in [-0.05, 0) is 97.8 Å². The molecule has 2 N–H and O–H groups in total. The first-order valence-electron chi connectivity index (χ1n) is 18.8. The van der Waals surface area contributed by atoms with Gasteiger partial charge >= 0.3 is 0 Å². The Kier molecular flexibility index (Phi) is 11.2. The molecule has 2 heterocycles. The first kappa shape index (κ1) is 37.6. The Bertz CT molecular complexity index is 2670. The maximum absolute atomic E-state index is 12.6. The molecule has 0 spiro atoms. The molecule has 0 aliphatic rings. The van der Waals surface area contributed by atoms with Gasteiger partial charge in [-0.3, -0.25) is 9.59 Å². The molecule has 0 radical (unpaired) electrons. The molecule has 284 valence electrons. The number of para-hydroxylation sites is 2. The van der Waals surface area contributed by atoms with Gasteiger partial charge in [-0.25, -0.2) is 0 Å². The van der Waals surface area contributed by atoms with Crippen molar-refractivity contribution in [1.82, 2.24) is 9.13 Å². The number of ether oxygens (including phenoxy) is 3. The first-order chi connectivity index (χ1) is 27.3. The van der Waals surface area contributed by atoms with Crippen LogP contribution in [0.4, 0.5) is 11.4 Å². The zero-order chi connectivity index (χ0) is 39.2. The number of nitrogens with one attached hydrogen (secondary N) is 2. The first-order valence-corrected chi connectivity index (χ1v) is 18.8. The molecular weight excluding hydrogens is 701 g/mol. The number of rotatable bonds is 11. The van der Waals surface area contributed by atoms with Crippen molar-refractivity contribution in [3.63, 3.8) is 0 Å². The normalized spacial score (nSPS) is 11.0. The van der Waals surface area contributed by atoms with Gasteiger partial charge in [0.25, 0.3) is 0 Å². The fraction of sp³-hybridized carbons (Fsp3) is 0.191. The van der Waals surface area contributed by atoms with Crippen LogP contribution in [-0.2, 0) is 35.5 Å². The largest absolute Gasteiger partial charge is 0.497 e. The monoisotopic (exact) mass is 746 g/mol. The van der Waals surface area contributed by atoms with Gasteiger partial charge < -0.3 is 34.0 Å². The molecule has 0 unspecified atom stereocenters. The number of amides is 2. The number of carbonyl (C=O) groups is 2. The SMILES string of the molecule is CCn1c2ccccc2c2cc(NC(=O)Cc3ccc(OC)c(OC)c3)ccc21.CCn1c2ccccc2c2cc(NC(=O)Cc3ccc(OC)cc3)ccc21. The van der Waals surface area contributed by atoms with Crippen LogP contribution in [0.2, 0.25) is 0 Å². The summed E-state index contributed by atoms with van der Waals surface area (Å²) >= 11 is 0. The highest BCUT2D eigenvalue weighted by molar-refractivity contribution is 6.11. The second kappa shape index (κ2) is 16.7. The van der Waals surface area contributed by atoms with E-state index >= 15 is 0 Å². The fourth-order valence-corrected chi connectivity index (χ4v) is 7.46. The third-order valence-corrected chi connectivity index (χ3v) is 10.1. The molecular formula is C47H46N4O5. The summed E-state index contributed by atoms with van der Waals surface area (Å²) in [5, 5.41) is 10.8. The van der Waals surface area contributed by atoms with E-state index in [2.05, 4.69) is 100 Å². The second-order valence-corrected chi connectivity index (χ2v) is 13.5. The lowest BCUT2D eigenvalue weighted by Crippen LogP contribution is -2.14. The van der Waals surface area contributed by atoms with Crippen LogP contribution in [0, 0.1) is 0 Å². The van der Waals surface area contributed by atoms with Crippen molar-refractivity contribution in [2.45, 2.75) is 39.8 Å². The molecule has 2 amide bonds. The minimum Gasteiger partial charge on any atom is -0.497 e. The second-order valence-electron chi connectivity index (χ2n) is 13.5. The Balaban J connectivity index is 0.000000172. The van der Waals surface area contributed by atoms with Gasteiger partial charge in [0, 0.05) is 68.1 Å². The van der Waals surface area contributed by atoms with E-state index in [1.807, 2.05) is 60.7 Å². The summed E-state index contributed by atoms with van der Waals surface area (Å²) in [6.45, 7) is 6.10. The zero-order valence-corrected chi connectivity index (χ0v) is 32.4. The Labute approximate surface area is 326 Å². The van der Waals surface area contributed by atoms with Crippen LogP contribution in [0.3, 0.4) is 0 Å². The van der Waals surface area contributed by atoms with Crippen molar-refractivity contribution < 1.29 is 23.8 Å². The number of hydrogen-bond donors (Lipinski definition) is 2. The Morgan fingerprint density at radius 2 is 0.946 bits per heavy atom.